The Morgan fingerprint density at radius 3 is 2.38 bits per heavy atom. The number of aromatic nitrogens is 4. The van der Waals surface area contributed by atoms with Crippen molar-refractivity contribution >= 4 is 22.9 Å². The minimum Gasteiger partial charge on any atom is -0.313 e. The van der Waals surface area contributed by atoms with Crippen molar-refractivity contribution in [3.8, 4) is 0 Å². The van der Waals surface area contributed by atoms with Gasteiger partial charge in [0.25, 0.3) is 5.56 Å². The highest BCUT2D eigenvalue weighted by molar-refractivity contribution is 7.98. The van der Waals surface area contributed by atoms with Crippen molar-refractivity contribution in [1.29, 1.82) is 0 Å². The predicted molar refractivity (Wildman–Crippen MR) is 96.6 cm³/mol. The van der Waals surface area contributed by atoms with Crippen molar-refractivity contribution in [3.63, 3.8) is 0 Å². The van der Waals surface area contributed by atoms with Crippen molar-refractivity contribution in [1.82, 2.24) is 18.7 Å². The third kappa shape index (κ3) is 2.69. The van der Waals surface area contributed by atoms with Crippen LogP contribution in [0.1, 0.15) is 18.1 Å². The third-order valence-electron chi connectivity index (χ3n) is 4.12. The molecule has 2 aromatic heterocycles. The first-order valence-electron chi connectivity index (χ1n) is 7.78. The van der Waals surface area contributed by atoms with E-state index in [0.717, 1.165) is 15.5 Å². The molecule has 0 radical (unpaired) electrons. The molecule has 126 valence electrons. The number of aryl methyl sites for hydroxylation is 3. The van der Waals surface area contributed by atoms with E-state index in [1.54, 1.807) is 18.8 Å². The molecule has 0 saturated carbocycles. The number of imidazole rings is 1. The highest BCUT2D eigenvalue weighted by Gasteiger charge is 2.18. The number of nitrogens with zero attached hydrogens (tertiary/aromatic N) is 4. The molecular formula is C17H20N4O2S. The molecule has 0 amide bonds. The second-order valence-corrected chi connectivity index (χ2v) is 6.73. The molecule has 0 aliphatic heterocycles. The van der Waals surface area contributed by atoms with Gasteiger partial charge in [-0.2, -0.15) is 0 Å². The molecular weight excluding hydrogens is 324 g/mol. The first kappa shape index (κ1) is 16.6. The lowest BCUT2D eigenvalue weighted by molar-refractivity contribution is 0.684. The lowest BCUT2D eigenvalue weighted by Gasteiger charge is -2.06. The molecule has 0 saturated heterocycles. The molecule has 0 aliphatic rings. The summed E-state index contributed by atoms with van der Waals surface area (Å²) in [6.07, 6.45) is 0. The lowest BCUT2D eigenvalue weighted by Crippen LogP contribution is -2.37. The molecule has 0 unspecified atom stereocenters. The van der Waals surface area contributed by atoms with E-state index in [9.17, 15) is 9.59 Å². The van der Waals surface area contributed by atoms with Crippen LogP contribution in [0.4, 0.5) is 0 Å². The van der Waals surface area contributed by atoms with Crippen LogP contribution in [-0.2, 0) is 26.4 Å². The van der Waals surface area contributed by atoms with Crippen LogP contribution in [0.25, 0.3) is 11.2 Å². The smallest absolute Gasteiger partial charge is 0.313 e. The maximum atomic E-state index is 12.5. The number of benzene rings is 1. The summed E-state index contributed by atoms with van der Waals surface area (Å²) in [5, 5.41) is 0.756. The van der Waals surface area contributed by atoms with Crippen LogP contribution in [0.15, 0.2) is 39.0 Å². The molecule has 7 heteroatoms. The lowest BCUT2D eigenvalue weighted by atomic mass is 10.2. The number of hydrogen-bond acceptors (Lipinski definition) is 4. The zero-order valence-corrected chi connectivity index (χ0v) is 15.1. The van der Waals surface area contributed by atoms with Crippen LogP contribution in [0, 0.1) is 6.92 Å². The molecule has 1 aromatic carbocycles. The van der Waals surface area contributed by atoms with Crippen molar-refractivity contribution in [2.75, 3.05) is 0 Å². The van der Waals surface area contributed by atoms with Gasteiger partial charge in [0, 0.05) is 26.4 Å². The molecule has 3 aromatic rings. The summed E-state index contributed by atoms with van der Waals surface area (Å²) in [6, 6.07) is 8.35. The summed E-state index contributed by atoms with van der Waals surface area (Å²) in [4.78, 5) is 29.1. The molecule has 2 heterocycles. The van der Waals surface area contributed by atoms with Crippen LogP contribution in [0.5, 0.6) is 0 Å². The van der Waals surface area contributed by atoms with E-state index < -0.39 is 0 Å². The Kier molecular flexibility index (Phi) is 4.36. The van der Waals surface area contributed by atoms with Gasteiger partial charge in [-0.1, -0.05) is 41.6 Å². The van der Waals surface area contributed by atoms with Gasteiger partial charge >= 0.3 is 5.69 Å². The van der Waals surface area contributed by atoms with Gasteiger partial charge in [-0.3, -0.25) is 13.9 Å². The average molecular weight is 344 g/mol. The number of thioether (sulfide) groups is 1. The standard InChI is InChI=1S/C17H20N4O2S/c1-5-21-13-14(19(3)17(23)20(4)15(13)22)18-16(21)24-10-12-8-6-11(2)7-9-12/h6-9H,5,10H2,1-4H3. The number of hydrogen-bond donors (Lipinski definition) is 0. The van der Waals surface area contributed by atoms with Gasteiger partial charge in [-0.15, -0.1) is 0 Å². The Morgan fingerprint density at radius 1 is 1.08 bits per heavy atom. The number of rotatable bonds is 4. The number of fused-ring (bicyclic) bond motifs is 1. The molecule has 3 rings (SSSR count). The molecule has 6 nitrogen and oxygen atoms in total. The molecule has 24 heavy (non-hydrogen) atoms. The van der Waals surface area contributed by atoms with Crippen LogP contribution in [0.3, 0.4) is 0 Å². The molecule has 0 aliphatic carbocycles. The van der Waals surface area contributed by atoms with Crippen LogP contribution < -0.4 is 11.2 Å². The molecule has 0 spiro atoms. The SMILES string of the molecule is CCn1c(SCc2ccc(C)cc2)nc2c1c(=O)n(C)c(=O)n2C. The zero-order chi connectivity index (χ0) is 17.4. The van der Waals surface area contributed by atoms with E-state index in [0.29, 0.717) is 17.7 Å². The topological polar surface area (TPSA) is 61.8 Å². The monoisotopic (exact) mass is 344 g/mol. The normalized spacial score (nSPS) is 11.3. The Bertz CT molecular complexity index is 1010. The van der Waals surface area contributed by atoms with E-state index in [2.05, 4.69) is 36.2 Å². The highest BCUT2D eigenvalue weighted by Crippen LogP contribution is 2.25. The van der Waals surface area contributed by atoms with Crippen molar-refractivity contribution < 1.29 is 0 Å². The maximum absolute atomic E-state index is 12.5. The maximum Gasteiger partial charge on any atom is 0.332 e. The van der Waals surface area contributed by atoms with Crippen molar-refractivity contribution in [2.24, 2.45) is 14.1 Å². The van der Waals surface area contributed by atoms with Crippen molar-refractivity contribution in [3.05, 3.63) is 56.2 Å². The van der Waals surface area contributed by atoms with E-state index >= 15 is 0 Å². The van der Waals surface area contributed by atoms with Gasteiger partial charge in [0.1, 0.15) is 0 Å². The summed E-state index contributed by atoms with van der Waals surface area (Å²) in [6.45, 7) is 4.66. The van der Waals surface area contributed by atoms with Gasteiger partial charge in [0.05, 0.1) is 0 Å². The first-order chi connectivity index (χ1) is 11.4. The second-order valence-electron chi connectivity index (χ2n) is 5.79. The fourth-order valence-electron chi connectivity index (χ4n) is 2.66. The third-order valence-corrected chi connectivity index (χ3v) is 5.17. The van der Waals surface area contributed by atoms with Gasteiger partial charge < -0.3 is 4.57 Å². The quantitative estimate of drug-likeness (QED) is 0.680. The average Bonchev–Trinajstić information content (AvgIpc) is 2.96. The Balaban J connectivity index is 2.07. The summed E-state index contributed by atoms with van der Waals surface area (Å²) in [7, 11) is 3.14. The van der Waals surface area contributed by atoms with Gasteiger partial charge in [-0.05, 0) is 19.4 Å². The Hall–Kier alpha value is -2.28. The summed E-state index contributed by atoms with van der Waals surface area (Å²) in [5.41, 5.74) is 2.68. The molecule has 0 bridgehead atoms. The van der Waals surface area contributed by atoms with Gasteiger partial charge in [0.15, 0.2) is 16.3 Å². The fourth-order valence-corrected chi connectivity index (χ4v) is 3.68. The van der Waals surface area contributed by atoms with Crippen molar-refractivity contribution in [2.45, 2.75) is 31.3 Å². The van der Waals surface area contributed by atoms with Crippen LogP contribution >= 0.6 is 11.8 Å². The minimum atomic E-state index is -0.358. The van der Waals surface area contributed by atoms with E-state index in [1.165, 1.54) is 22.7 Å². The largest absolute Gasteiger partial charge is 0.332 e. The van der Waals surface area contributed by atoms with E-state index in [-0.39, 0.29) is 11.2 Å². The highest BCUT2D eigenvalue weighted by atomic mass is 32.2. The van der Waals surface area contributed by atoms with Crippen LogP contribution in [-0.4, -0.2) is 18.7 Å². The molecule has 0 N–H and O–H groups in total. The van der Waals surface area contributed by atoms with Gasteiger partial charge in [0.2, 0.25) is 0 Å². The summed E-state index contributed by atoms with van der Waals surface area (Å²) < 4.78 is 4.44. The molecule has 0 fully saturated rings. The summed E-state index contributed by atoms with van der Waals surface area (Å²) in [5.74, 6) is 0.762. The minimum absolute atomic E-state index is 0.301. The zero-order valence-electron chi connectivity index (χ0n) is 14.2. The molecule has 0 atom stereocenters. The van der Waals surface area contributed by atoms with E-state index in [4.69, 9.17) is 0 Å². The van der Waals surface area contributed by atoms with Crippen LogP contribution in [0.2, 0.25) is 0 Å². The fraction of sp³-hybridized carbons (Fsp3) is 0.353. The first-order valence-corrected chi connectivity index (χ1v) is 8.77. The van der Waals surface area contributed by atoms with Gasteiger partial charge in [-0.25, -0.2) is 9.78 Å². The van der Waals surface area contributed by atoms with E-state index in [1.807, 2.05) is 11.5 Å². The Morgan fingerprint density at radius 2 is 1.75 bits per heavy atom. The predicted octanol–water partition coefficient (Wildman–Crippen LogP) is 2.05. The second kappa shape index (κ2) is 6.32. The Labute approximate surface area is 143 Å². The summed E-state index contributed by atoms with van der Waals surface area (Å²) >= 11 is 1.57.